The lowest BCUT2D eigenvalue weighted by molar-refractivity contribution is 0.101. The number of hydrogen-bond acceptors (Lipinski definition) is 4. The average molecular weight is 362 g/mol. The molecule has 6 nitrogen and oxygen atoms in total. The molecule has 2 aromatic carbocycles. The highest BCUT2D eigenvalue weighted by Crippen LogP contribution is 2.27. The number of amides is 1. The Morgan fingerprint density at radius 3 is 2.56 bits per heavy atom. The number of anilines is 1. The highest BCUT2D eigenvalue weighted by Gasteiger charge is 2.18. The zero-order valence-electron chi connectivity index (χ0n) is 14.4. The highest BCUT2D eigenvalue weighted by molar-refractivity contribution is 6.04. The summed E-state index contributed by atoms with van der Waals surface area (Å²) in [5.74, 6) is 0.226. The molecule has 0 unspecified atom stereocenters. The lowest BCUT2D eigenvalue weighted by Gasteiger charge is -2.07. The molecule has 0 spiro atoms. The van der Waals surface area contributed by atoms with Crippen LogP contribution in [0.3, 0.4) is 0 Å². The van der Waals surface area contributed by atoms with Crippen molar-refractivity contribution in [2.75, 3.05) is 5.32 Å². The van der Waals surface area contributed by atoms with Crippen LogP contribution in [0.25, 0.3) is 22.6 Å². The Balaban J connectivity index is 1.60. The Kier molecular flexibility index (Phi) is 4.25. The molecule has 4 aromatic rings. The first-order chi connectivity index (χ1) is 13.1. The van der Waals surface area contributed by atoms with Crippen LogP contribution in [0, 0.1) is 5.82 Å². The van der Waals surface area contributed by atoms with Crippen LogP contribution in [-0.2, 0) is 7.05 Å². The van der Waals surface area contributed by atoms with Gasteiger partial charge in [-0.15, -0.1) is 0 Å². The minimum Gasteiger partial charge on any atom is -0.355 e. The standard InChI is InChI=1S/C20H15FN4O2/c1-25-12-22-18(14-7-9-15(21)10-8-14)19(25)23-20(26)16-11-17(27-24-16)13-5-3-2-4-6-13/h2-12H,1H3,(H,23,26). The van der Waals surface area contributed by atoms with Crippen LogP contribution < -0.4 is 5.32 Å². The maximum absolute atomic E-state index is 13.2. The fraction of sp³-hybridized carbons (Fsp3) is 0.0500. The summed E-state index contributed by atoms with van der Waals surface area (Å²) < 4.78 is 20.1. The van der Waals surface area contributed by atoms with Gasteiger partial charge >= 0.3 is 0 Å². The van der Waals surface area contributed by atoms with Crippen LogP contribution >= 0.6 is 0 Å². The van der Waals surface area contributed by atoms with E-state index < -0.39 is 5.91 Å². The van der Waals surface area contributed by atoms with Crippen molar-refractivity contribution < 1.29 is 13.7 Å². The molecule has 0 bridgehead atoms. The maximum Gasteiger partial charge on any atom is 0.279 e. The van der Waals surface area contributed by atoms with E-state index in [2.05, 4.69) is 15.5 Å². The smallest absolute Gasteiger partial charge is 0.279 e. The van der Waals surface area contributed by atoms with Gasteiger partial charge in [0.1, 0.15) is 17.3 Å². The Hall–Kier alpha value is -3.74. The molecule has 0 aliphatic heterocycles. The van der Waals surface area contributed by atoms with Crippen molar-refractivity contribution in [3.8, 4) is 22.6 Å². The second kappa shape index (κ2) is 6.87. The number of nitrogens with one attached hydrogen (secondary N) is 1. The van der Waals surface area contributed by atoms with E-state index in [0.717, 1.165) is 5.56 Å². The van der Waals surface area contributed by atoms with E-state index in [9.17, 15) is 9.18 Å². The van der Waals surface area contributed by atoms with Gasteiger partial charge in [0.2, 0.25) is 0 Å². The Labute approximate surface area is 154 Å². The topological polar surface area (TPSA) is 73.0 Å². The fourth-order valence-electron chi connectivity index (χ4n) is 2.69. The molecule has 2 heterocycles. The zero-order chi connectivity index (χ0) is 18.8. The summed E-state index contributed by atoms with van der Waals surface area (Å²) in [5.41, 5.74) is 2.21. The van der Waals surface area contributed by atoms with Crippen molar-refractivity contribution in [2.45, 2.75) is 0 Å². The van der Waals surface area contributed by atoms with Crippen molar-refractivity contribution in [3.05, 3.63) is 78.5 Å². The van der Waals surface area contributed by atoms with Gasteiger partial charge in [0.15, 0.2) is 11.5 Å². The molecule has 0 saturated heterocycles. The molecule has 1 N–H and O–H groups in total. The maximum atomic E-state index is 13.2. The van der Waals surface area contributed by atoms with E-state index in [1.54, 1.807) is 36.1 Å². The van der Waals surface area contributed by atoms with Crippen molar-refractivity contribution >= 4 is 11.7 Å². The summed E-state index contributed by atoms with van der Waals surface area (Å²) in [4.78, 5) is 16.9. The van der Waals surface area contributed by atoms with E-state index in [-0.39, 0.29) is 11.5 Å². The SMILES string of the molecule is Cn1cnc(-c2ccc(F)cc2)c1NC(=O)c1cc(-c2ccccc2)on1. The molecule has 0 aliphatic rings. The molecule has 27 heavy (non-hydrogen) atoms. The zero-order valence-corrected chi connectivity index (χ0v) is 14.4. The number of benzene rings is 2. The van der Waals surface area contributed by atoms with Crippen LogP contribution in [0.5, 0.6) is 0 Å². The number of hydrogen-bond donors (Lipinski definition) is 1. The number of aromatic nitrogens is 3. The number of carbonyl (C=O) groups is 1. The van der Waals surface area contributed by atoms with Crippen molar-refractivity contribution in [1.82, 2.24) is 14.7 Å². The van der Waals surface area contributed by atoms with Gasteiger partial charge in [0, 0.05) is 24.2 Å². The largest absolute Gasteiger partial charge is 0.355 e. The van der Waals surface area contributed by atoms with Crippen LogP contribution in [0.4, 0.5) is 10.2 Å². The van der Waals surface area contributed by atoms with E-state index >= 15 is 0 Å². The summed E-state index contributed by atoms with van der Waals surface area (Å²) in [6.07, 6.45) is 1.58. The predicted octanol–water partition coefficient (Wildman–Crippen LogP) is 4.13. The Bertz CT molecular complexity index is 1080. The number of halogens is 1. The van der Waals surface area contributed by atoms with E-state index in [1.165, 1.54) is 12.1 Å². The summed E-state index contributed by atoms with van der Waals surface area (Å²) in [6, 6.07) is 16.9. The van der Waals surface area contributed by atoms with Crippen LogP contribution in [0.1, 0.15) is 10.5 Å². The van der Waals surface area contributed by atoms with Gasteiger partial charge in [-0.1, -0.05) is 35.5 Å². The van der Waals surface area contributed by atoms with Gasteiger partial charge in [-0.25, -0.2) is 9.37 Å². The first kappa shape index (κ1) is 16.7. The van der Waals surface area contributed by atoms with Gasteiger partial charge in [0.05, 0.1) is 6.33 Å². The molecule has 134 valence electrons. The van der Waals surface area contributed by atoms with Gasteiger partial charge in [0.25, 0.3) is 5.91 Å². The molecule has 0 radical (unpaired) electrons. The Morgan fingerprint density at radius 1 is 1.07 bits per heavy atom. The summed E-state index contributed by atoms with van der Waals surface area (Å²) in [5, 5.41) is 6.65. The van der Waals surface area contributed by atoms with Gasteiger partial charge in [-0.2, -0.15) is 0 Å². The molecule has 7 heteroatoms. The predicted molar refractivity (Wildman–Crippen MR) is 98.5 cm³/mol. The number of nitrogens with zero attached hydrogens (tertiary/aromatic N) is 3. The third-order valence-corrected chi connectivity index (χ3v) is 4.09. The first-order valence-electron chi connectivity index (χ1n) is 8.22. The summed E-state index contributed by atoms with van der Waals surface area (Å²) in [6.45, 7) is 0. The molecule has 0 fully saturated rings. The van der Waals surface area contributed by atoms with Gasteiger partial charge in [-0.05, 0) is 24.3 Å². The minimum atomic E-state index is -0.423. The second-order valence-electron chi connectivity index (χ2n) is 5.96. The van der Waals surface area contributed by atoms with E-state index in [0.29, 0.717) is 22.8 Å². The van der Waals surface area contributed by atoms with Crippen molar-refractivity contribution in [1.29, 1.82) is 0 Å². The average Bonchev–Trinajstić information content (AvgIpc) is 3.31. The van der Waals surface area contributed by atoms with Gasteiger partial charge in [-0.3, -0.25) is 4.79 Å². The van der Waals surface area contributed by atoms with Crippen LogP contribution in [0.15, 0.2) is 71.5 Å². The van der Waals surface area contributed by atoms with Crippen LogP contribution in [-0.4, -0.2) is 20.6 Å². The van der Waals surface area contributed by atoms with Crippen molar-refractivity contribution in [3.63, 3.8) is 0 Å². The van der Waals surface area contributed by atoms with E-state index in [4.69, 9.17) is 4.52 Å². The number of carbonyl (C=O) groups excluding carboxylic acids is 1. The fourth-order valence-corrected chi connectivity index (χ4v) is 2.69. The van der Waals surface area contributed by atoms with Crippen molar-refractivity contribution in [2.24, 2.45) is 7.05 Å². The lowest BCUT2D eigenvalue weighted by Crippen LogP contribution is -2.15. The molecule has 0 aliphatic carbocycles. The molecular weight excluding hydrogens is 347 g/mol. The first-order valence-corrected chi connectivity index (χ1v) is 8.22. The Morgan fingerprint density at radius 2 is 1.81 bits per heavy atom. The highest BCUT2D eigenvalue weighted by atomic mass is 19.1. The lowest BCUT2D eigenvalue weighted by atomic mass is 10.1. The van der Waals surface area contributed by atoms with Crippen LogP contribution in [0.2, 0.25) is 0 Å². The molecular formula is C20H15FN4O2. The molecule has 1 amide bonds. The third kappa shape index (κ3) is 3.35. The second-order valence-corrected chi connectivity index (χ2v) is 5.96. The molecule has 0 saturated carbocycles. The summed E-state index contributed by atoms with van der Waals surface area (Å²) in [7, 11) is 1.76. The molecule has 4 rings (SSSR count). The quantitative estimate of drug-likeness (QED) is 0.592. The summed E-state index contributed by atoms with van der Waals surface area (Å²) >= 11 is 0. The monoisotopic (exact) mass is 362 g/mol. The number of aryl methyl sites for hydroxylation is 1. The third-order valence-electron chi connectivity index (χ3n) is 4.09. The normalized spacial score (nSPS) is 10.7. The number of imidazole rings is 1. The molecule has 0 atom stereocenters. The minimum absolute atomic E-state index is 0.153. The van der Waals surface area contributed by atoms with Gasteiger partial charge < -0.3 is 14.4 Å². The molecule has 2 aromatic heterocycles. The number of rotatable bonds is 4. The van der Waals surface area contributed by atoms with E-state index in [1.807, 2.05) is 30.3 Å².